The fourth-order valence-electron chi connectivity index (χ4n) is 2.63. The first-order valence-corrected chi connectivity index (χ1v) is 7.03. The fourth-order valence-corrected chi connectivity index (χ4v) is 2.83. The van der Waals surface area contributed by atoms with Crippen molar-refractivity contribution in [2.75, 3.05) is 31.7 Å². The van der Waals surface area contributed by atoms with Gasteiger partial charge in [0, 0.05) is 43.3 Å². The van der Waals surface area contributed by atoms with Crippen LogP contribution in [0.2, 0.25) is 0 Å². The molecular formula is C14H21ClN2O. The van der Waals surface area contributed by atoms with Crippen LogP contribution in [0.5, 0.6) is 0 Å². The molecule has 1 aromatic heterocycles. The SMILES string of the molecule is COCC1CCCN(c2cc(C)ncc2CCl)C1. The second-order valence-corrected chi connectivity index (χ2v) is 5.26. The molecule has 0 saturated carbocycles. The number of anilines is 1. The minimum atomic E-state index is 0.522. The molecule has 0 bridgehead atoms. The zero-order valence-corrected chi connectivity index (χ0v) is 11.9. The van der Waals surface area contributed by atoms with E-state index in [1.165, 1.54) is 18.5 Å². The maximum absolute atomic E-state index is 6.01. The molecule has 1 unspecified atom stereocenters. The lowest BCUT2D eigenvalue weighted by atomic mass is 9.98. The molecule has 0 aliphatic carbocycles. The van der Waals surface area contributed by atoms with Gasteiger partial charge in [0.05, 0.1) is 12.5 Å². The normalized spacial score (nSPS) is 20.2. The number of piperidine rings is 1. The number of nitrogens with zero attached hydrogens (tertiary/aromatic N) is 2. The van der Waals surface area contributed by atoms with Crippen molar-refractivity contribution in [2.24, 2.45) is 5.92 Å². The molecule has 0 spiro atoms. The predicted molar refractivity (Wildman–Crippen MR) is 75.3 cm³/mol. The van der Waals surface area contributed by atoms with E-state index in [2.05, 4.69) is 16.0 Å². The van der Waals surface area contributed by atoms with Crippen molar-refractivity contribution >= 4 is 17.3 Å². The standard InChI is InChI=1S/C14H21ClN2O/c1-11-6-14(13(7-15)8-16-11)17-5-3-4-12(9-17)10-18-2/h6,8,12H,3-5,7,9-10H2,1-2H3. The van der Waals surface area contributed by atoms with Crippen molar-refractivity contribution < 1.29 is 4.74 Å². The first-order chi connectivity index (χ1) is 8.74. The van der Waals surface area contributed by atoms with E-state index in [4.69, 9.17) is 16.3 Å². The van der Waals surface area contributed by atoms with E-state index in [1.807, 2.05) is 13.1 Å². The van der Waals surface area contributed by atoms with Gasteiger partial charge in [-0.3, -0.25) is 4.98 Å². The summed E-state index contributed by atoms with van der Waals surface area (Å²) in [5.41, 5.74) is 3.42. The summed E-state index contributed by atoms with van der Waals surface area (Å²) in [7, 11) is 1.78. The van der Waals surface area contributed by atoms with Crippen molar-refractivity contribution in [1.82, 2.24) is 4.98 Å². The summed E-state index contributed by atoms with van der Waals surface area (Å²) in [6, 6.07) is 2.15. The van der Waals surface area contributed by atoms with E-state index in [1.54, 1.807) is 7.11 Å². The van der Waals surface area contributed by atoms with Crippen LogP contribution in [0.4, 0.5) is 5.69 Å². The smallest absolute Gasteiger partial charge is 0.0509 e. The number of alkyl halides is 1. The Morgan fingerprint density at radius 1 is 1.56 bits per heavy atom. The molecule has 1 fully saturated rings. The average Bonchev–Trinajstić information content (AvgIpc) is 2.39. The molecule has 0 amide bonds. The Morgan fingerprint density at radius 2 is 2.39 bits per heavy atom. The number of methoxy groups -OCH3 is 1. The van der Waals surface area contributed by atoms with Gasteiger partial charge in [-0.25, -0.2) is 0 Å². The number of pyridine rings is 1. The topological polar surface area (TPSA) is 25.4 Å². The van der Waals surface area contributed by atoms with Crippen LogP contribution in [0, 0.1) is 12.8 Å². The number of aromatic nitrogens is 1. The Labute approximate surface area is 114 Å². The molecule has 3 nitrogen and oxygen atoms in total. The number of hydrogen-bond donors (Lipinski definition) is 0. The zero-order valence-electron chi connectivity index (χ0n) is 11.2. The van der Waals surface area contributed by atoms with Crippen LogP contribution < -0.4 is 4.90 Å². The molecule has 2 heterocycles. The van der Waals surface area contributed by atoms with Crippen LogP contribution in [-0.4, -0.2) is 31.8 Å². The van der Waals surface area contributed by atoms with Crippen molar-refractivity contribution in [2.45, 2.75) is 25.6 Å². The van der Waals surface area contributed by atoms with Crippen molar-refractivity contribution in [3.63, 3.8) is 0 Å². The summed E-state index contributed by atoms with van der Waals surface area (Å²) < 4.78 is 5.28. The van der Waals surface area contributed by atoms with E-state index in [-0.39, 0.29) is 0 Å². The highest BCUT2D eigenvalue weighted by atomic mass is 35.5. The molecule has 4 heteroatoms. The van der Waals surface area contributed by atoms with Gasteiger partial charge in [-0.2, -0.15) is 0 Å². The van der Waals surface area contributed by atoms with Gasteiger partial charge in [0.1, 0.15) is 0 Å². The number of rotatable bonds is 4. The third-order valence-corrected chi connectivity index (χ3v) is 3.79. The molecule has 1 saturated heterocycles. The molecule has 0 radical (unpaired) electrons. The Hall–Kier alpha value is -0.800. The molecule has 100 valence electrons. The van der Waals surface area contributed by atoms with Crippen LogP contribution in [0.1, 0.15) is 24.1 Å². The lowest BCUT2D eigenvalue weighted by Crippen LogP contribution is -2.37. The maximum atomic E-state index is 6.01. The van der Waals surface area contributed by atoms with Gasteiger partial charge in [-0.05, 0) is 31.7 Å². The molecule has 18 heavy (non-hydrogen) atoms. The minimum Gasteiger partial charge on any atom is -0.384 e. The first kappa shape index (κ1) is 13.6. The van der Waals surface area contributed by atoms with Gasteiger partial charge < -0.3 is 9.64 Å². The summed E-state index contributed by atoms with van der Waals surface area (Å²) in [6.45, 7) is 5.03. The van der Waals surface area contributed by atoms with Gasteiger partial charge in [0.2, 0.25) is 0 Å². The van der Waals surface area contributed by atoms with Gasteiger partial charge in [-0.1, -0.05) is 0 Å². The first-order valence-electron chi connectivity index (χ1n) is 6.50. The lowest BCUT2D eigenvalue weighted by Gasteiger charge is -2.35. The molecule has 1 aromatic rings. The fraction of sp³-hybridized carbons (Fsp3) is 0.643. The molecule has 0 aromatic carbocycles. The Morgan fingerprint density at radius 3 is 3.11 bits per heavy atom. The van der Waals surface area contributed by atoms with Crippen LogP contribution in [0.3, 0.4) is 0 Å². The van der Waals surface area contributed by atoms with E-state index >= 15 is 0 Å². The summed E-state index contributed by atoms with van der Waals surface area (Å²) in [5.74, 6) is 1.15. The number of hydrogen-bond acceptors (Lipinski definition) is 3. The summed E-state index contributed by atoms with van der Waals surface area (Å²) in [6.07, 6.45) is 4.37. The monoisotopic (exact) mass is 268 g/mol. The Balaban J connectivity index is 2.17. The zero-order chi connectivity index (χ0) is 13.0. The quantitative estimate of drug-likeness (QED) is 0.785. The molecule has 1 aliphatic rings. The third-order valence-electron chi connectivity index (χ3n) is 3.50. The summed E-state index contributed by atoms with van der Waals surface area (Å²) in [4.78, 5) is 6.76. The summed E-state index contributed by atoms with van der Waals surface area (Å²) in [5, 5.41) is 0. The number of halogens is 1. The van der Waals surface area contributed by atoms with Gasteiger partial charge in [0.15, 0.2) is 0 Å². The van der Waals surface area contributed by atoms with Gasteiger partial charge >= 0.3 is 0 Å². The van der Waals surface area contributed by atoms with Gasteiger partial charge in [0.25, 0.3) is 0 Å². The van der Waals surface area contributed by atoms with Crippen molar-refractivity contribution in [1.29, 1.82) is 0 Å². The van der Waals surface area contributed by atoms with Crippen molar-refractivity contribution in [3.8, 4) is 0 Å². The van der Waals surface area contributed by atoms with Crippen LogP contribution in [0.15, 0.2) is 12.3 Å². The minimum absolute atomic E-state index is 0.522. The molecule has 2 rings (SSSR count). The second kappa shape index (κ2) is 6.39. The highest BCUT2D eigenvalue weighted by molar-refractivity contribution is 6.17. The highest BCUT2D eigenvalue weighted by Gasteiger charge is 2.21. The van der Waals surface area contributed by atoms with E-state index in [0.29, 0.717) is 11.8 Å². The van der Waals surface area contributed by atoms with Crippen LogP contribution >= 0.6 is 11.6 Å². The Bertz CT molecular complexity index is 395. The highest BCUT2D eigenvalue weighted by Crippen LogP contribution is 2.27. The average molecular weight is 269 g/mol. The third kappa shape index (κ3) is 3.15. The maximum Gasteiger partial charge on any atom is 0.0509 e. The number of ether oxygens (including phenoxy) is 1. The molecule has 0 N–H and O–H groups in total. The summed E-state index contributed by atoms with van der Waals surface area (Å²) >= 11 is 6.01. The molecular weight excluding hydrogens is 248 g/mol. The largest absolute Gasteiger partial charge is 0.384 e. The van der Waals surface area contributed by atoms with E-state index in [9.17, 15) is 0 Å². The van der Waals surface area contributed by atoms with Crippen LogP contribution in [-0.2, 0) is 10.6 Å². The molecule has 1 aliphatic heterocycles. The molecule has 1 atom stereocenters. The predicted octanol–water partition coefficient (Wildman–Crippen LogP) is 2.99. The van der Waals surface area contributed by atoms with E-state index in [0.717, 1.165) is 31.0 Å². The Kier molecular flexibility index (Phi) is 4.84. The van der Waals surface area contributed by atoms with Crippen LogP contribution in [0.25, 0.3) is 0 Å². The number of aryl methyl sites for hydroxylation is 1. The lowest BCUT2D eigenvalue weighted by molar-refractivity contribution is 0.143. The van der Waals surface area contributed by atoms with Crippen molar-refractivity contribution in [3.05, 3.63) is 23.5 Å². The second-order valence-electron chi connectivity index (χ2n) is 5.00. The van der Waals surface area contributed by atoms with E-state index < -0.39 is 0 Å². The van der Waals surface area contributed by atoms with Gasteiger partial charge in [-0.15, -0.1) is 11.6 Å².